The van der Waals surface area contributed by atoms with E-state index in [1.807, 2.05) is 17.4 Å². The standard InChI is InChI=1S/C46H28N4S/c1-2-13-29(14-3-1)37-28-38(48-46(47-37)50-40-21-9-5-15-31(40)32-16-6-10-22-41(32)50)30-25-26-34-33-17-4-8-20-39(33)49(43(34)27-30)42-23-12-19-36-35-18-7-11-24-44(35)51-45(36)42/h1-28H. The Morgan fingerprint density at radius 3 is 1.63 bits per heavy atom. The van der Waals surface area contributed by atoms with Crippen LogP contribution < -0.4 is 0 Å². The van der Waals surface area contributed by atoms with Crippen molar-refractivity contribution in [2.45, 2.75) is 0 Å². The summed E-state index contributed by atoms with van der Waals surface area (Å²) in [5, 5.41) is 7.40. The summed E-state index contributed by atoms with van der Waals surface area (Å²) in [7, 11) is 0. The second-order valence-electron chi connectivity index (χ2n) is 13.0. The number of para-hydroxylation sites is 3. The number of rotatable bonds is 4. The molecular formula is C46H28N4S. The third-order valence-corrected chi connectivity index (χ3v) is 11.4. The van der Waals surface area contributed by atoms with Crippen LogP contribution in [0.3, 0.4) is 0 Å². The second kappa shape index (κ2) is 11.0. The number of hydrogen-bond acceptors (Lipinski definition) is 3. The molecule has 0 spiro atoms. The fourth-order valence-corrected chi connectivity index (χ4v) is 9.08. The molecule has 51 heavy (non-hydrogen) atoms. The SMILES string of the molecule is c1ccc(-c2cc(-c3ccc4c5ccccc5n(-c5cccc6c5sc5ccccc56)c4c3)nc(-n3c4ccccc4c4ccccc43)n2)cc1. The van der Waals surface area contributed by atoms with Gasteiger partial charge in [0.1, 0.15) is 0 Å². The molecule has 0 aliphatic carbocycles. The van der Waals surface area contributed by atoms with E-state index in [2.05, 4.69) is 173 Å². The minimum absolute atomic E-state index is 0.652. The lowest BCUT2D eigenvalue weighted by molar-refractivity contribution is 0.995. The van der Waals surface area contributed by atoms with Crippen LogP contribution in [0.5, 0.6) is 0 Å². The monoisotopic (exact) mass is 668 g/mol. The van der Waals surface area contributed by atoms with Gasteiger partial charge in [-0.2, -0.15) is 0 Å². The van der Waals surface area contributed by atoms with Crippen LogP contribution >= 0.6 is 11.3 Å². The van der Waals surface area contributed by atoms with Gasteiger partial charge in [-0.25, -0.2) is 9.97 Å². The van der Waals surface area contributed by atoms with Crippen molar-refractivity contribution in [3.05, 3.63) is 170 Å². The van der Waals surface area contributed by atoms with Crippen LogP contribution in [0.25, 0.3) is 97.9 Å². The summed E-state index contributed by atoms with van der Waals surface area (Å²) >= 11 is 1.86. The topological polar surface area (TPSA) is 35.6 Å². The third kappa shape index (κ3) is 4.25. The fourth-order valence-electron chi connectivity index (χ4n) is 7.88. The molecule has 4 nitrogen and oxygen atoms in total. The molecular weight excluding hydrogens is 641 g/mol. The first-order valence-electron chi connectivity index (χ1n) is 17.2. The van der Waals surface area contributed by atoms with Crippen molar-refractivity contribution >= 4 is 75.1 Å². The summed E-state index contributed by atoms with van der Waals surface area (Å²) in [4.78, 5) is 10.6. The maximum Gasteiger partial charge on any atom is 0.235 e. The van der Waals surface area contributed by atoms with Crippen LogP contribution in [0.1, 0.15) is 0 Å². The van der Waals surface area contributed by atoms with E-state index in [0.29, 0.717) is 5.95 Å². The van der Waals surface area contributed by atoms with Gasteiger partial charge in [-0.1, -0.05) is 127 Å². The van der Waals surface area contributed by atoms with Crippen LogP contribution in [0.2, 0.25) is 0 Å². The van der Waals surface area contributed by atoms with Gasteiger partial charge in [0.25, 0.3) is 0 Å². The number of thiophene rings is 1. The Hall–Kier alpha value is -6.56. The highest BCUT2D eigenvalue weighted by atomic mass is 32.1. The average molecular weight is 669 g/mol. The third-order valence-electron chi connectivity index (χ3n) is 10.2. The summed E-state index contributed by atoms with van der Waals surface area (Å²) in [6.07, 6.45) is 0. The molecule has 4 heterocycles. The first-order chi connectivity index (χ1) is 25.3. The summed E-state index contributed by atoms with van der Waals surface area (Å²) in [5.74, 6) is 0.652. The van der Waals surface area contributed by atoms with Gasteiger partial charge in [0.15, 0.2) is 0 Å². The molecule has 0 aliphatic rings. The van der Waals surface area contributed by atoms with E-state index < -0.39 is 0 Å². The zero-order chi connectivity index (χ0) is 33.5. The Labute approximate surface area is 297 Å². The van der Waals surface area contributed by atoms with E-state index >= 15 is 0 Å². The lowest BCUT2D eigenvalue weighted by atomic mass is 10.1. The van der Waals surface area contributed by atoms with Gasteiger partial charge in [0, 0.05) is 48.1 Å². The van der Waals surface area contributed by atoms with Crippen LogP contribution in [0.15, 0.2) is 170 Å². The highest BCUT2D eigenvalue weighted by molar-refractivity contribution is 7.26. The van der Waals surface area contributed by atoms with Gasteiger partial charge in [-0.15, -0.1) is 11.3 Å². The van der Waals surface area contributed by atoms with E-state index in [1.165, 1.54) is 52.9 Å². The summed E-state index contributed by atoms with van der Waals surface area (Å²) < 4.78 is 7.24. The predicted octanol–water partition coefficient (Wildman–Crippen LogP) is 12.4. The minimum Gasteiger partial charge on any atom is -0.308 e. The molecule has 0 bridgehead atoms. The molecule has 0 N–H and O–H groups in total. The van der Waals surface area contributed by atoms with Crippen LogP contribution in [-0.4, -0.2) is 19.1 Å². The fraction of sp³-hybridized carbons (Fsp3) is 0. The molecule has 0 unspecified atom stereocenters. The van der Waals surface area contributed by atoms with Crippen molar-refractivity contribution in [3.63, 3.8) is 0 Å². The number of benzene rings is 7. The first kappa shape index (κ1) is 28.3. The zero-order valence-electron chi connectivity index (χ0n) is 27.4. The van der Waals surface area contributed by atoms with Crippen molar-refractivity contribution in [2.24, 2.45) is 0 Å². The number of aromatic nitrogens is 4. The molecule has 0 radical (unpaired) electrons. The normalized spacial score (nSPS) is 11.9. The predicted molar refractivity (Wildman–Crippen MR) is 214 cm³/mol. The van der Waals surface area contributed by atoms with E-state index in [1.54, 1.807) is 0 Å². The highest BCUT2D eigenvalue weighted by Gasteiger charge is 2.20. The highest BCUT2D eigenvalue weighted by Crippen LogP contribution is 2.42. The van der Waals surface area contributed by atoms with Gasteiger partial charge in [0.2, 0.25) is 5.95 Å². The molecule has 11 rings (SSSR count). The second-order valence-corrected chi connectivity index (χ2v) is 14.1. The number of nitrogens with zero attached hydrogens (tertiary/aromatic N) is 4. The van der Waals surface area contributed by atoms with Gasteiger partial charge in [-0.3, -0.25) is 4.57 Å². The molecule has 11 aromatic rings. The molecule has 0 saturated carbocycles. The average Bonchev–Trinajstić information content (AvgIpc) is 3.86. The van der Waals surface area contributed by atoms with Gasteiger partial charge >= 0.3 is 0 Å². The van der Waals surface area contributed by atoms with E-state index in [4.69, 9.17) is 9.97 Å². The van der Waals surface area contributed by atoms with Crippen molar-refractivity contribution in [2.75, 3.05) is 0 Å². The van der Waals surface area contributed by atoms with Gasteiger partial charge < -0.3 is 4.57 Å². The summed E-state index contributed by atoms with van der Waals surface area (Å²) in [6, 6.07) is 60.5. The molecule has 0 fully saturated rings. The lowest BCUT2D eigenvalue weighted by Crippen LogP contribution is -2.04. The van der Waals surface area contributed by atoms with Crippen molar-refractivity contribution in [1.29, 1.82) is 0 Å². The quantitative estimate of drug-likeness (QED) is 0.187. The largest absolute Gasteiger partial charge is 0.308 e. The minimum atomic E-state index is 0.652. The number of fused-ring (bicyclic) bond motifs is 9. The Bertz CT molecular complexity index is 3090. The van der Waals surface area contributed by atoms with Crippen molar-refractivity contribution in [1.82, 2.24) is 19.1 Å². The van der Waals surface area contributed by atoms with Gasteiger partial charge in [-0.05, 0) is 42.5 Å². The van der Waals surface area contributed by atoms with Crippen LogP contribution in [-0.2, 0) is 0 Å². The molecule has 7 aromatic carbocycles. The van der Waals surface area contributed by atoms with Crippen LogP contribution in [0.4, 0.5) is 0 Å². The van der Waals surface area contributed by atoms with E-state index in [0.717, 1.165) is 39.1 Å². The maximum absolute atomic E-state index is 5.36. The molecule has 4 aromatic heterocycles. The maximum atomic E-state index is 5.36. The molecule has 5 heteroatoms. The Morgan fingerprint density at radius 2 is 0.922 bits per heavy atom. The Kier molecular flexibility index (Phi) is 6.09. The molecule has 0 amide bonds. The molecule has 0 atom stereocenters. The molecule has 238 valence electrons. The Morgan fingerprint density at radius 1 is 0.373 bits per heavy atom. The van der Waals surface area contributed by atoms with Crippen LogP contribution in [0, 0.1) is 0 Å². The smallest absolute Gasteiger partial charge is 0.235 e. The first-order valence-corrected chi connectivity index (χ1v) is 18.0. The molecule has 0 saturated heterocycles. The summed E-state index contributed by atoms with van der Waals surface area (Å²) in [5.41, 5.74) is 9.55. The van der Waals surface area contributed by atoms with Crippen molar-refractivity contribution < 1.29 is 0 Å². The molecule has 0 aliphatic heterocycles. The van der Waals surface area contributed by atoms with E-state index in [9.17, 15) is 0 Å². The van der Waals surface area contributed by atoms with Crippen molar-refractivity contribution in [3.8, 4) is 34.2 Å². The Balaban J connectivity index is 1.20. The zero-order valence-corrected chi connectivity index (χ0v) is 28.2. The van der Waals surface area contributed by atoms with E-state index in [-0.39, 0.29) is 0 Å². The van der Waals surface area contributed by atoms with Gasteiger partial charge in [0.05, 0.1) is 43.8 Å². The lowest BCUT2D eigenvalue weighted by Gasteiger charge is -2.13. The number of hydrogen-bond donors (Lipinski definition) is 0. The summed E-state index contributed by atoms with van der Waals surface area (Å²) in [6.45, 7) is 0.